The third kappa shape index (κ3) is 5.88. The van der Waals surface area contributed by atoms with E-state index in [1.165, 1.54) is 0 Å². The maximum Gasteiger partial charge on any atom is 0.220 e. The van der Waals surface area contributed by atoms with E-state index in [9.17, 15) is 4.79 Å². The van der Waals surface area contributed by atoms with Gasteiger partial charge in [0.05, 0.1) is 12.1 Å². The van der Waals surface area contributed by atoms with Crippen molar-refractivity contribution in [3.8, 4) is 12.3 Å². The van der Waals surface area contributed by atoms with Gasteiger partial charge in [0.15, 0.2) is 5.66 Å². The molecule has 2 atom stereocenters. The number of rotatable bonds is 10. The lowest BCUT2D eigenvalue weighted by atomic mass is 10.0. The molecule has 6 nitrogen and oxygen atoms in total. The van der Waals surface area contributed by atoms with Gasteiger partial charge in [0, 0.05) is 38.9 Å². The number of hydrogen-bond donors (Lipinski definition) is 1. The quantitative estimate of drug-likeness (QED) is 0.625. The summed E-state index contributed by atoms with van der Waals surface area (Å²) in [6.45, 7) is 3.44. The van der Waals surface area contributed by atoms with Crippen molar-refractivity contribution in [2.75, 3.05) is 13.2 Å². The van der Waals surface area contributed by atoms with Crippen molar-refractivity contribution in [2.45, 2.75) is 69.4 Å². The number of benzene rings is 1. The molecule has 1 N–H and O–H groups in total. The van der Waals surface area contributed by atoms with Crippen LogP contribution in [-0.2, 0) is 14.3 Å². The number of ether oxygens (including phenoxy) is 2. The molecule has 1 amide bonds. The summed E-state index contributed by atoms with van der Waals surface area (Å²) in [4.78, 5) is 12.5. The fourth-order valence-corrected chi connectivity index (χ4v) is 3.53. The van der Waals surface area contributed by atoms with E-state index in [2.05, 4.69) is 21.5 Å². The summed E-state index contributed by atoms with van der Waals surface area (Å²) < 4.78 is 11.8. The Balaban J connectivity index is 1.55. The Kier molecular flexibility index (Phi) is 7.18. The van der Waals surface area contributed by atoms with Crippen LogP contribution in [-0.4, -0.2) is 36.9 Å². The zero-order chi connectivity index (χ0) is 19.8. The fourth-order valence-electron chi connectivity index (χ4n) is 3.53. The lowest BCUT2D eigenvalue weighted by Gasteiger charge is -2.32. The third-order valence-corrected chi connectivity index (χ3v) is 5.28. The Bertz CT molecular complexity index is 701. The number of carbonyl (C=O) groups is 1. The molecule has 2 heterocycles. The largest absolute Gasteiger partial charge is 0.381 e. The normalized spacial score (nSPS) is 20.1. The van der Waals surface area contributed by atoms with Gasteiger partial charge in [-0.05, 0) is 25.3 Å². The van der Waals surface area contributed by atoms with Crippen LogP contribution in [0, 0.1) is 12.3 Å². The number of nitrogens with one attached hydrogen (secondary N) is 1. The SMILES string of the molecule is C#CCCC1(CCC(=O)NC(C)C(OC2CCOCC2)c2ccccc2)N=N1. The summed E-state index contributed by atoms with van der Waals surface area (Å²) in [6, 6.07) is 9.92. The molecule has 2 aliphatic heterocycles. The maximum absolute atomic E-state index is 12.5. The smallest absolute Gasteiger partial charge is 0.220 e. The third-order valence-electron chi connectivity index (χ3n) is 5.28. The highest BCUT2D eigenvalue weighted by Crippen LogP contribution is 2.37. The van der Waals surface area contributed by atoms with Crippen molar-refractivity contribution in [1.82, 2.24) is 5.32 Å². The van der Waals surface area contributed by atoms with Crippen molar-refractivity contribution in [3.05, 3.63) is 35.9 Å². The molecule has 0 saturated carbocycles. The second kappa shape index (κ2) is 9.81. The van der Waals surface area contributed by atoms with Gasteiger partial charge in [-0.25, -0.2) is 0 Å². The van der Waals surface area contributed by atoms with Crippen LogP contribution in [0.25, 0.3) is 0 Å². The van der Waals surface area contributed by atoms with Gasteiger partial charge in [-0.15, -0.1) is 12.3 Å². The van der Waals surface area contributed by atoms with E-state index in [4.69, 9.17) is 15.9 Å². The molecule has 0 bridgehead atoms. The Morgan fingerprint density at radius 3 is 2.68 bits per heavy atom. The Labute approximate surface area is 167 Å². The van der Waals surface area contributed by atoms with Crippen molar-refractivity contribution < 1.29 is 14.3 Å². The topological polar surface area (TPSA) is 72.3 Å². The van der Waals surface area contributed by atoms with E-state index in [1.54, 1.807) is 0 Å². The second-order valence-electron chi connectivity index (χ2n) is 7.52. The minimum Gasteiger partial charge on any atom is -0.381 e. The molecule has 1 fully saturated rings. The Hall–Kier alpha value is -2.23. The highest BCUT2D eigenvalue weighted by atomic mass is 16.5. The molecule has 0 aromatic heterocycles. The van der Waals surface area contributed by atoms with E-state index in [-0.39, 0.29) is 24.2 Å². The van der Waals surface area contributed by atoms with E-state index in [1.807, 2.05) is 37.3 Å². The van der Waals surface area contributed by atoms with E-state index in [0.29, 0.717) is 25.7 Å². The monoisotopic (exact) mass is 383 g/mol. The van der Waals surface area contributed by atoms with Crippen molar-refractivity contribution >= 4 is 5.91 Å². The van der Waals surface area contributed by atoms with Gasteiger partial charge in [0.25, 0.3) is 0 Å². The summed E-state index contributed by atoms with van der Waals surface area (Å²) in [5.41, 5.74) is 0.643. The van der Waals surface area contributed by atoms with Crippen LogP contribution in [0.5, 0.6) is 0 Å². The first kappa shape index (κ1) is 20.5. The number of hydrogen-bond acceptors (Lipinski definition) is 5. The molecule has 1 aromatic carbocycles. The summed E-state index contributed by atoms with van der Waals surface area (Å²) in [7, 11) is 0. The molecular weight excluding hydrogens is 354 g/mol. The molecule has 3 rings (SSSR count). The number of amides is 1. The summed E-state index contributed by atoms with van der Waals surface area (Å²) in [6.07, 6.45) is 9.34. The van der Waals surface area contributed by atoms with Crippen LogP contribution in [0.2, 0.25) is 0 Å². The lowest BCUT2D eigenvalue weighted by molar-refractivity contribution is -0.125. The predicted molar refractivity (Wildman–Crippen MR) is 107 cm³/mol. The second-order valence-corrected chi connectivity index (χ2v) is 7.52. The highest BCUT2D eigenvalue weighted by Gasteiger charge is 2.39. The predicted octanol–water partition coefficient (Wildman–Crippen LogP) is 3.78. The van der Waals surface area contributed by atoms with Gasteiger partial charge in [0.2, 0.25) is 5.91 Å². The van der Waals surface area contributed by atoms with Gasteiger partial charge in [-0.3, -0.25) is 4.79 Å². The molecule has 2 unspecified atom stereocenters. The molecule has 0 spiro atoms. The molecule has 28 heavy (non-hydrogen) atoms. The Morgan fingerprint density at radius 2 is 2.04 bits per heavy atom. The van der Waals surface area contributed by atoms with Crippen LogP contribution >= 0.6 is 0 Å². The first-order valence-corrected chi connectivity index (χ1v) is 10.1. The molecule has 2 aliphatic rings. The van der Waals surface area contributed by atoms with Crippen molar-refractivity contribution in [2.24, 2.45) is 10.2 Å². The minimum atomic E-state index is -0.426. The lowest BCUT2D eigenvalue weighted by Crippen LogP contribution is -2.40. The standard InChI is InChI=1S/C22H29N3O3/c1-3-4-13-22(24-25-22)14-10-20(26)23-17(2)21(18-8-6-5-7-9-18)28-19-11-15-27-16-12-19/h1,5-9,17,19,21H,4,10-16H2,2H3,(H,23,26). The molecule has 6 heteroatoms. The van der Waals surface area contributed by atoms with Gasteiger partial charge in [-0.1, -0.05) is 30.3 Å². The van der Waals surface area contributed by atoms with Gasteiger partial charge in [-0.2, -0.15) is 10.2 Å². The van der Waals surface area contributed by atoms with Crippen molar-refractivity contribution in [1.29, 1.82) is 0 Å². The van der Waals surface area contributed by atoms with Crippen LogP contribution in [0.1, 0.15) is 57.1 Å². The molecular formula is C22H29N3O3. The summed E-state index contributed by atoms with van der Waals surface area (Å²) in [5.74, 6) is 2.60. The fraction of sp³-hybridized carbons (Fsp3) is 0.591. The van der Waals surface area contributed by atoms with Crippen molar-refractivity contribution in [3.63, 3.8) is 0 Å². The summed E-state index contributed by atoms with van der Waals surface area (Å²) in [5, 5.41) is 11.3. The van der Waals surface area contributed by atoms with Gasteiger partial charge < -0.3 is 14.8 Å². The number of nitrogens with zero attached hydrogens (tertiary/aromatic N) is 2. The molecule has 150 valence electrons. The van der Waals surface area contributed by atoms with E-state index >= 15 is 0 Å². The zero-order valence-corrected chi connectivity index (χ0v) is 16.5. The molecule has 1 aromatic rings. The maximum atomic E-state index is 12.5. The Morgan fingerprint density at radius 1 is 1.32 bits per heavy atom. The molecule has 0 radical (unpaired) electrons. The molecule has 1 saturated heterocycles. The molecule has 0 aliphatic carbocycles. The first-order chi connectivity index (χ1) is 13.6. The highest BCUT2D eigenvalue weighted by molar-refractivity contribution is 5.76. The number of terminal acetylenes is 1. The van der Waals surface area contributed by atoms with Crippen LogP contribution < -0.4 is 5.32 Å². The summed E-state index contributed by atoms with van der Waals surface area (Å²) >= 11 is 0. The van der Waals surface area contributed by atoms with Gasteiger partial charge >= 0.3 is 0 Å². The van der Waals surface area contributed by atoms with E-state index in [0.717, 1.165) is 31.6 Å². The zero-order valence-electron chi connectivity index (χ0n) is 16.5. The first-order valence-electron chi connectivity index (χ1n) is 10.1. The van der Waals surface area contributed by atoms with Crippen LogP contribution in [0.4, 0.5) is 0 Å². The van der Waals surface area contributed by atoms with Gasteiger partial charge in [0.1, 0.15) is 6.10 Å². The van der Waals surface area contributed by atoms with E-state index < -0.39 is 5.66 Å². The number of carbonyl (C=O) groups excluding carboxylic acids is 1. The minimum absolute atomic E-state index is 0.0126. The average Bonchev–Trinajstić information content (AvgIpc) is 3.50. The average molecular weight is 383 g/mol. The van der Waals surface area contributed by atoms with Crippen LogP contribution in [0.3, 0.4) is 0 Å². The van der Waals surface area contributed by atoms with Crippen LogP contribution in [0.15, 0.2) is 40.6 Å².